The molecule has 2 amide bonds. The summed E-state index contributed by atoms with van der Waals surface area (Å²) < 4.78 is 45.6. The van der Waals surface area contributed by atoms with Crippen LogP contribution in [0, 0.1) is 17.2 Å². The van der Waals surface area contributed by atoms with Gasteiger partial charge in [0.25, 0.3) is 0 Å². The van der Waals surface area contributed by atoms with E-state index in [2.05, 4.69) is 10.6 Å². The second-order valence-corrected chi connectivity index (χ2v) is 10.5. The summed E-state index contributed by atoms with van der Waals surface area (Å²) in [6.07, 6.45) is -3.34. The largest absolute Gasteiger partial charge is 0.487 e. The van der Waals surface area contributed by atoms with Crippen molar-refractivity contribution in [2.75, 3.05) is 6.54 Å². The maximum absolute atomic E-state index is 13.2. The fourth-order valence-corrected chi connectivity index (χ4v) is 4.67. The van der Waals surface area contributed by atoms with E-state index in [1.165, 1.54) is 11.0 Å². The van der Waals surface area contributed by atoms with Gasteiger partial charge in [-0.25, -0.2) is 0 Å². The molecule has 0 radical (unpaired) electrons. The van der Waals surface area contributed by atoms with Gasteiger partial charge in [0.15, 0.2) is 5.96 Å². The molecule has 1 saturated heterocycles. The molecule has 0 spiro atoms. The summed E-state index contributed by atoms with van der Waals surface area (Å²) >= 11 is 0. The third-order valence-electron chi connectivity index (χ3n) is 6.41. The van der Waals surface area contributed by atoms with E-state index < -0.39 is 28.9 Å². The first-order chi connectivity index (χ1) is 15.2. The number of fused-ring (bicyclic) bond motifs is 1. The Morgan fingerprint density at radius 2 is 2.00 bits per heavy atom. The van der Waals surface area contributed by atoms with Crippen molar-refractivity contribution in [1.82, 2.24) is 15.5 Å². The van der Waals surface area contributed by atoms with E-state index in [4.69, 9.17) is 10.1 Å². The summed E-state index contributed by atoms with van der Waals surface area (Å²) in [5.74, 6) is -0.489. The van der Waals surface area contributed by atoms with Crippen LogP contribution in [0.4, 0.5) is 13.2 Å². The lowest BCUT2D eigenvalue weighted by molar-refractivity contribution is -0.137. The van der Waals surface area contributed by atoms with Crippen LogP contribution < -0.4 is 15.4 Å². The van der Waals surface area contributed by atoms with Crippen LogP contribution in [0.25, 0.3) is 0 Å². The van der Waals surface area contributed by atoms with Crippen molar-refractivity contribution in [1.29, 1.82) is 5.41 Å². The van der Waals surface area contributed by atoms with Crippen LogP contribution in [-0.4, -0.2) is 40.4 Å². The molecule has 180 valence electrons. The topological polar surface area (TPSA) is 94.5 Å². The summed E-state index contributed by atoms with van der Waals surface area (Å²) in [6.45, 7) is 7.62. The molecule has 33 heavy (non-hydrogen) atoms. The van der Waals surface area contributed by atoms with E-state index in [0.717, 1.165) is 12.1 Å². The molecule has 1 saturated carbocycles. The van der Waals surface area contributed by atoms with Gasteiger partial charge in [0.1, 0.15) is 11.4 Å². The van der Waals surface area contributed by atoms with E-state index >= 15 is 0 Å². The van der Waals surface area contributed by atoms with Crippen molar-refractivity contribution >= 4 is 17.8 Å². The Morgan fingerprint density at radius 3 is 2.64 bits per heavy atom. The molecule has 1 aromatic rings. The Hall–Kier alpha value is -2.78. The number of hydrogen-bond acceptors (Lipinski definition) is 4. The van der Waals surface area contributed by atoms with E-state index in [0.29, 0.717) is 24.2 Å². The maximum atomic E-state index is 13.2. The highest BCUT2D eigenvalue weighted by atomic mass is 19.4. The Labute approximate surface area is 190 Å². The van der Waals surface area contributed by atoms with Gasteiger partial charge in [0.2, 0.25) is 11.8 Å². The van der Waals surface area contributed by atoms with Crippen LogP contribution in [0.5, 0.6) is 5.75 Å². The van der Waals surface area contributed by atoms with E-state index in [-0.39, 0.29) is 42.6 Å². The fraction of sp³-hybridized carbons (Fsp3) is 0.609. The minimum absolute atomic E-state index is 0.0297. The third-order valence-corrected chi connectivity index (χ3v) is 6.41. The van der Waals surface area contributed by atoms with Crippen LogP contribution in [0.2, 0.25) is 0 Å². The minimum Gasteiger partial charge on any atom is -0.487 e. The average Bonchev–Trinajstić information content (AvgIpc) is 3.41. The Kier molecular flexibility index (Phi) is 5.41. The number of hydrogen-bond donors (Lipinski definition) is 3. The predicted octanol–water partition coefficient (Wildman–Crippen LogP) is 3.60. The molecule has 4 rings (SSSR count). The summed E-state index contributed by atoms with van der Waals surface area (Å²) in [6, 6.07) is 2.72. The zero-order valence-corrected chi connectivity index (χ0v) is 19.1. The molecule has 7 nitrogen and oxygen atoms in total. The smallest absolute Gasteiger partial charge is 0.416 e. The lowest BCUT2D eigenvalue weighted by Gasteiger charge is -2.38. The first-order valence-corrected chi connectivity index (χ1v) is 11.0. The van der Waals surface area contributed by atoms with Crippen molar-refractivity contribution in [2.24, 2.45) is 11.8 Å². The number of rotatable bonds is 4. The fourth-order valence-electron chi connectivity index (χ4n) is 4.67. The molecule has 2 aliphatic heterocycles. The Morgan fingerprint density at radius 1 is 1.30 bits per heavy atom. The van der Waals surface area contributed by atoms with Crippen molar-refractivity contribution in [2.45, 2.75) is 70.3 Å². The summed E-state index contributed by atoms with van der Waals surface area (Å²) in [7, 11) is 0. The number of nitrogens with one attached hydrogen (secondary N) is 3. The van der Waals surface area contributed by atoms with Crippen LogP contribution >= 0.6 is 0 Å². The minimum atomic E-state index is -4.49. The number of carbonyl (C=O) groups is 2. The Bertz CT molecular complexity index is 985. The van der Waals surface area contributed by atoms with Crippen molar-refractivity contribution in [3.8, 4) is 5.75 Å². The number of carbonyl (C=O) groups excluding carboxylic acids is 2. The van der Waals surface area contributed by atoms with Gasteiger partial charge >= 0.3 is 6.18 Å². The molecular weight excluding hydrogens is 437 g/mol. The van der Waals surface area contributed by atoms with Gasteiger partial charge in [-0.2, -0.15) is 13.2 Å². The first kappa shape index (κ1) is 23.4. The molecule has 0 aromatic heterocycles. The van der Waals surface area contributed by atoms with Gasteiger partial charge in [-0.3, -0.25) is 19.9 Å². The molecule has 1 aromatic carbocycles. The standard InChI is InChI=1S/C23H29F3N4O3/c1-21(2)10-18(31)30(20(27)29-21)11-12-7-14(12)19(32)28-16-9-22(3,4)33-17-6-5-13(8-15(16)17)23(24,25)26/h5-6,8,12,14,16H,7,9-11H2,1-4H3,(H2,27,29)(H,28,32)/t12-,14+,16?/m0/s1. The van der Waals surface area contributed by atoms with Crippen LogP contribution in [0.3, 0.4) is 0 Å². The molecule has 0 bridgehead atoms. The maximum Gasteiger partial charge on any atom is 0.416 e. The number of halogens is 3. The lowest BCUT2D eigenvalue weighted by atomic mass is 9.88. The van der Waals surface area contributed by atoms with Gasteiger partial charge < -0.3 is 15.4 Å². The number of amides is 2. The Balaban J connectivity index is 1.44. The monoisotopic (exact) mass is 466 g/mol. The van der Waals surface area contributed by atoms with Crippen molar-refractivity contribution < 1.29 is 27.5 Å². The van der Waals surface area contributed by atoms with Gasteiger partial charge in [0.05, 0.1) is 11.6 Å². The SMILES string of the molecule is CC1(C)CC(=O)N(C[C@@H]2C[C@H]2C(=O)NC2CC(C)(C)Oc3ccc(C(F)(F)F)cc32)C(=N)N1. The molecule has 1 unspecified atom stereocenters. The van der Waals surface area contributed by atoms with E-state index in [1.54, 1.807) is 0 Å². The van der Waals surface area contributed by atoms with Gasteiger partial charge in [-0.1, -0.05) is 0 Å². The number of guanidine groups is 1. The number of alkyl halides is 3. The average molecular weight is 467 g/mol. The molecule has 3 aliphatic rings. The van der Waals surface area contributed by atoms with Crippen molar-refractivity contribution in [3.63, 3.8) is 0 Å². The molecule has 3 atom stereocenters. The highest BCUT2D eigenvalue weighted by Crippen LogP contribution is 2.44. The number of benzene rings is 1. The van der Waals surface area contributed by atoms with Crippen LogP contribution in [0.1, 0.15) is 64.1 Å². The summed E-state index contributed by atoms with van der Waals surface area (Å²) in [4.78, 5) is 26.8. The third kappa shape index (κ3) is 4.94. The summed E-state index contributed by atoms with van der Waals surface area (Å²) in [5, 5.41) is 14.0. The first-order valence-electron chi connectivity index (χ1n) is 11.0. The van der Waals surface area contributed by atoms with Gasteiger partial charge in [-0.05, 0) is 58.2 Å². The van der Waals surface area contributed by atoms with Crippen LogP contribution in [-0.2, 0) is 15.8 Å². The highest BCUT2D eigenvalue weighted by Gasteiger charge is 2.48. The molecule has 3 N–H and O–H groups in total. The number of nitrogens with zero attached hydrogens (tertiary/aromatic N) is 1. The predicted molar refractivity (Wildman–Crippen MR) is 115 cm³/mol. The molecule has 2 fully saturated rings. The van der Waals surface area contributed by atoms with Crippen molar-refractivity contribution in [3.05, 3.63) is 29.3 Å². The second-order valence-electron chi connectivity index (χ2n) is 10.5. The molecule has 10 heteroatoms. The molecule has 2 heterocycles. The van der Waals surface area contributed by atoms with Gasteiger partial charge in [0, 0.05) is 36.4 Å². The quantitative estimate of drug-likeness (QED) is 0.632. The zero-order chi connectivity index (χ0) is 24.3. The highest BCUT2D eigenvalue weighted by molar-refractivity contribution is 5.99. The normalized spacial score (nSPS) is 27.8. The summed E-state index contributed by atoms with van der Waals surface area (Å²) in [5.41, 5.74) is -1.61. The molecule has 1 aliphatic carbocycles. The van der Waals surface area contributed by atoms with Gasteiger partial charge in [-0.15, -0.1) is 0 Å². The number of ether oxygens (including phenoxy) is 1. The lowest BCUT2D eigenvalue weighted by Crippen LogP contribution is -2.60. The zero-order valence-electron chi connectivity index (χ0n) is 19.1. The van der Waals surface area contributed by atoms with E-state index in [1.807, 2.05) is 27.7 Å². The van der Waals surface area contributed by atoms with Crippen LogP contribution in [0.15, 0.2) is 18.2 Å². The van der Waals surface area contributed by atoms with E-state index in [9.17, 15) is 22.8 Å². The second kappa shape index (κ2) is 7.63. The molecular formula is C23H29F3N4O3.